The van der Waals surface area contributed by atoms with Crippen LogP contribution in [0, 0.1) is 0 Å². The van der Waals surface area contributed by atoms with Crippen molar-refractivity contribution in [1.29, 1.82) is 0 Å². The lowest BCUT2D eigenvalue weighted by Gasteiger charge is -2.10. The Labute approximate surface area is 144 Å². The molecule has 24 heavy (non-hydrogen) atoms. The smallest absolute Gasteiger partial charge is 0.260 e. The third-order valence-electron chi connectivity index (χ3n) is 3.56. The zero-order chi connectivity index (χ0) is 17.3. The van der Waals surface area contributed by atoms with Crippen LogP contribution in [0.5, 0.6) is 11.5 Å². The minimum absolute atomic E-state index is 0.0810. The van der Waals surface area contributed by atoms with Crippen molar-refractivity contribution in [3.8, 4) is 22.6 Å². The summed E-state index contributed by atoms with van der Waals surface area (Å²) in [5, 5.41) is 11.6. The van der Waals surface area contributed by atoms with Crippen molar-refractivity contribution < 1.29 is 9.84 Å². The number of nitrogens with one attached hydrogen (secondary N) is 1. The van der Waals surface area contributed by atoms with Crippen LogP contribution < -0.4 is 10.3 Å². The average molecular weight is 342 g/mol. The number of benzene rings is 2. The first kappa shape index (κ1) is 16.1. The lowest BCUT2D eigenvalue weighted by Crippen LogP contribution is -2.09. The summed E-state index contributed by atoms with van der Waals surface area (Å²) in [7, 11) is 0. The van der Waals surface area contributed by atoms with Crippen molar-refractivity contribution in [2.75, 3.05) is 6.61 Å². The van der Waals surface area contributed by atoms with Gasteiger partial charge >= 0.3 is 0 Å². The molecule has 0 bridgehead atoms. The molecule has 0 aliphatic carbocycles. The topological polar surface area (TPSA) is 62.3 Å². The Morgan fingerprint density at radius 1 is 1.29 bits per heavy atom. The van der Waals surface area contributed by atoms with Crippen LogP contribution >= 0.6 is 11.6 Å². The van der Waals surface area contributed by atoms with E-state index in [0.717, 1.165) is 5.57 Å². The molecule has 0 amide bonds. The Bertz CT molecular complexity index is 992. The summed E-state index contributed by atoms with van der Waals surface area (Å²) >= 11 is 5.93. The highest BCUT2D eigenvalue weighted by Crippen LogP contribution is 2.34. The highest BCUT2D eigenvalue weighted by molar-refractivity contribution is 6.31. The number of fused-ring (bicyclic) bond motifs is 1. The third kappa shape index (κ3) is 3.14. The van der Waals surface area contributed by atoms with Crippen LogP contribution in [-0.2, 0) is 0 Å². The number of aromatic nitrogens is 1. The van der Waals surface area contributed by atoms with E-state index in [4.69, 9.17) is 16.3 Å². The van der Waals surface area contributed by atoms with Crippen LogP contribution in [0.4, 0.5) is 0 Å². The summed E-state index contributed by atoms with van der Waals surface area (Å²) in [5.74, 6) is 0.521. The van der Waals surface area contributed by atoms with E-state index < -0.39 is 0 Å². The second kappa shape index (κ2) is 6.42. The molecule has 5 heteroatoms. The second-order valence-electron chi connectivity index (χ2n) is 5.64. The zero-order valence-electron chi connectivity index (χ0n) is 13.1. The lowest BCUT2D eigenvalue weighted by atomic mass is 10.0. The average Bonchev–Trinajstić information content (AvgIpc) is 2.53. The fraction of sp³-hybridized carbons (Fsp3) is 0.105. The molecule has 3 aromatic rings. The first-order chi connectivity index (χ1) is 11.5. The highest BCUT2D eigenvalue weighted by atomic mass is 35.5. The standard InChI is InChI=1S/C19H16ClNO3/c1-11(2)10-24-14-5-3-4-12(8-14)17-18(22)15-7-6-13(20)9-16(15)21-19(17)23/h3-9H,1,10H2,2H3,(H2,21,22,23). The van der Waals surface area contributed by atoms with Gasteiger partial charge in [0.15, 0.2) is 0 Å². The minimum Gasteiger partial charge on any atom is -0.506 e. The molecule has 2 N–H and O–H groups in total. The number of pyridine rings is 1. The van der Waals surface area contributed by atoms with Crippen molar-refractivity contribution in [3.63, 3.8) is 0 Å². The maximum Gasteiger partial charge on any atom is 0.260 e. The molecule has 1 heterocycles. The molecule has 2 aromatic carbocycles. The van der Waals surface area contributed by atoms with Gasteiger partial charge in [-0.1, -0.05) is 30.3 Å². The molecular weight excluding hydrogens is 326 g/mol. The molecule has 0 spiro atoms. The predicted molar refractivity (Wildman–Crippen MR) is 97.0 cm³/mol. The Hall–Kier alpha value is -2.72. The van der Waals surface area contributed by atoms with Gasteiger partial charge in [-0.2, -0.15) is 0 Å². The predicted octanol–water partition coefficient (Wildman–Crippen LogP) is 4.51. The molecular formula is C19H16ClNO3. The molecule has 0 saturated heterocycles. The van der Waals surface area contributed by atoms with Gasteiger partial charge in [0, 0.05) is 10.4 Å². The number of aromatic amines is 1. The fourth-order valence-electron chi connectivity index (χ4n) is 2.47. The van der Waals surface area contributed by atoms with E-state index in [-0.39, 0.29) is 16.9 Å². The van der Waals surface area contributed by atoms with Gasteiger partial charge in [0.05, 0.1) is 11.1 Å². The molecule has 3 rings (SSSR count). The SMILES string of the molecule is C=C(C)COc1cccc(-c2c(O)c3ccc(Cl)cc3[nH]c2=O)c1. The number of hydrogen-bond acceptors (Lipinski definition) is 3. The lowest BCUT2D eigenvalue weighted by molar-refractivity contribution is 0.353. The fourth-order valence-corrected chi connectivity index (χ4v) is 2.64. The van der Waals surface area contributed by atoms with Gasteiger partial charge in [0.25, 0.3) is 5.56 Å². The van der Waals surface area contributed by atoms with E-state index in [9.17, 15) is 9.90 Å². The molecule has 0 aliphatic heterocycles. The summed E-state index contributed by atoms with van der Waals surface area (Å²) in [6.07, 6.45) is 0. The van der Waals surface area contributed by atoms with Gasteiger partial charge in [0.1, 0.15) is 18.1 Å². The normalized spacial score (nSPS) is 10.8. The molecule has 0 unspecified atom stereocenters. The summed E-state index contributed by atoms with van der Waals surface area (Å²) in [5.41, 5.74) is 1.77. The third-order valence-corrected chi connectivity index (χ3v) is 3.79. The van der Waals surface area contributed by atoms with Crippen LogP contribution in [0.25, 0.3) is 22.0 Å². The van der Waals surface area contributed by atoms with Crippen LogP contribution in [0.1, 0.15) is 6.92 Å². The number of hydrogen-bond donors (Lipinski definition) is 2. The number of H-pyrrole nitrogens is 1. The van der Waals surface area contributed by atoms with E-state index >= 15 is 0 Å². The molecule has 0 aliphatic rings. The van der Waals surface area contributed by atoms with Crippen molar-refractivity contribution >= 4 is 22.5 Å². The molecule has 122 valence electrons. The number of halogens is 1. The van der Waals surface area contributed by atoms with Crippen LogP contribution in [-0.4, -0.2) is 16.7 Å². The molecule has 0 radical (unpaired) electrons. The zero-order valence-corrected chi connectivity index (χ0v) is 13.9. The number of aromatic hydroxyl groups is 1. The Balaban J connectivity index is 2.12. The van der Waals surface area contributed by atoms with Gasteiger partial charge in [-0.05, 0) is 48.4 Å². The van der Waals surface area contributed by atoms with Gasteiger partial charge in [-0.3, -0.25) is 4.79 Å². The summed E-state index contributed by atoms with van der Waals surface area (Å²) in [4.78, 5) is 15.2. The maximum absolute atomic E-state index is 12.4. The quantitative estimate of drug-likeness (QED) is 0.686. The minimum atomic E-state index is -0.390. The first-order valence-corrected chi connectivity index (χ1v) is 7.75. The van der Waals surface area contributed by atoms with Crippen molar-refractivity contribution in [2.45, 2.75) is 6.92 Å². The highest BCUT2D eigenvalue weighted by Gasteiger charge is 2.14. The summed E-state index contributed by atoms with van der Waals surface area (Å²) in [6, 6.07) is 12.0. The van der Waals surface area contributed by atoms with E-state index in [1.807, 2.05) is 6.92 Å². The van der Waals surface area contributed by atoms with Crippen molar-refractivity contribution in [3.05, 3.63) is 70.0 Å². The van der Waals surface area contributed by atoms with Crippen LogP contribution in [0.3, 0.4) is 0 Å². The Morgan fingerprint density at radius 2 is 2.08 bits per heavy atom. The number of rotatable bonds is 4. The Morgan fingerprint density at radius 3 is 2.83 bits per heavy atom. The van der Waals surface area contributed by atoms with Gasteiger partial charge < -0.3 is 14.8 Å². The molecule has 0 saturated carbocycles. The second-order valence-corrected chi connectivity index (χ2v) is 6.08. The molecule has 4 nitrogen and oxygen atoms in total. The molecule has 0 fully saturated rings. The largest absolute Gasteiger partial charge is 0.506 e. The van der Waals surface area contributed by atoms with E-state index in [0.29, 0.717) is 33.8 Å². The van der Waals surface area contributed by atoms with E-state index in [1.165, 1.54) is 0 Å². The first-order valence-electron chi connectivity index (χ1n) is 7.38. The Kier molecular flexibility index (Phi) is 4.32. The van der Waals surface area contributed by atoms with Crippen molar-refractivity contribution in [1.82, 2.24) is 4.98 Å². The van der Waals surface area contributed by atoms with Gasteiger partial charge in [-0.15, -0.1) is 0 Å². The maximum atomic E-state index is 12.4. The van der Waals surface area contributed by atoms with E-state index in [1.54, 1.807) is 42.5 Å². The molecule has 0 atom stereocenters. The monoisotopic (exact) mass is 341 g/mol. The van der Waals surface area contributed by atoms with Gasteiger partial charge in [-0.25, -0.2) is 0 Å². The van der Waals surface area contributed by atoms with Crippen LogP contribution in [0.15, 0.2) is 59.4 Å². The summed E-state index contributed by atoms with van der Waals surface area (Å²) in [6.45, 7) is 6.05. The van der Waals surface area contributed by atoms with E-state index in [2.05, 4.69) is 11.6 Å². The van der Waals surface area contributed by atoms with Gasteiger partial charge in [0.2, 0.25) is 0 Å². The summed E-state index contributed by atoms with van der Waals surface area (Å²) < 4.78 is 5.60. The van der Waals surface area contributed by atoms with Crippen molar-refractivity contribution in [2.24, 2.45) is 0 Å². The van der Waals surface area contributed by atoms with Crippen LogP contribution in [0.2, 0.25) is 5.02 Å². The molecule has 1 aromatic heterocycles. The number of ether oxygens (including phenoxy) is 1.